The number of nitrogens with one attached hydrogen (secondary N) is 2. The van der Waals surface area contributed by atoms with Gasteiger partial charge in [-0.2, -0.15) is 0 Å². The fourth-order valence-electron chi connectivity index (χ4n) is 6.79. The quantitative estimate of drug-likeness (QED) is 0.376. The summed E-state index contributed by atoms with van der Waals surface area (Å²) in [5.74, 6) is -0.992. The first-order chi connectivity index (χ1) is 21.0. The first-order valence-corrected chi connectivity index (χ1v) is 15.0. The molecule has 2 N–H and O–H groups in total. The van der Waals surface area contributed by atoms with Gasteiger partial charge in [0.2, 0.25) is 12.7 Å². The number of carbonyl (C=O) groups is 3. The molecule has 3 aromatic carbocycles. The molecule has 0 spiro atoms. The highest BCUT2D eigenvalue weighted by atomic mass is 16.7. The summed E-state index contributed by atoms with van der Waals surface area (Å²) in [4.78, 5) is 43.9. The van der Waals surface area contributed by atoms with Gasteiger partial charge in [0.1, 0.15) is 6.04 Å². The Balaban J connectivity index is 1.40. The Kier molecular flexibility index (Phi) is 8.49. The minimum absolute atomic E-state index is 0.0161. The molecule has 3 aromatic rings. The molecule has 3 aliphatic rings. The Bertz CT molecular complexity index is 1440. The van der Waals surface area contributed by atoms with E-state index in [4.69, 9.17) is 14.2 Å². The number of amides is 3. The zero-order valence-corrected chi connectivity index (χ0v) is 24.2. The van der Waals surface area contributed by atoms with Crippen molar-refractivity contribution in [3.05, 3.63) is 95.6 Å². The van der Waals surface area contributed by atoms with E-state index in [9.17, 15) is 14.4 Å². The lowest BCUT2D eigenvalue weighted by atomic mass is 9.80. The highest BCUT2D eigenvalue weighted by Crippen LogP contribution is 2.50. The minimum Gasteiger partial charge on any atom is -0.469 e. The van der Waals surface area contributed by atoms with Gasteiger partial charge in [-0.3, -0.25) is 9.59 Å². The van der Waals surface area contributed by atoms with Gasteiger partial charge in [0.15, 0.2) is 11.5 Å². The second-order valence-electron chi connectivity index (χ2n) is 11.4. The first kappa shape index (κ1) is 28.6. The second kappa shape index (κ2) is 12.8. The van der Waals surface area contributed by atoms with Crippen LogP contribution < -0.4 is 20.1 Å². The smallest absolute Gasteiger partial charge is 0.318 e. The van der Waals surface area contributed by atoms with Crippen LogP contribution in [0.25, 0.3) is 0 Å². The fraction of sp³-hybridized carbons (Fsp3) is 0.382. The third-order valence-corrected chi connectivity index (χ3v) is 8.81. The van der Waals surface area contributed by atoms with Crippen molar-refractivity contribution in [2.24, 2.45) is 5.92 Å². The van der Waals surface area contributed by atoms with E-state index in [1.54, 1.807) is 4.90 Å². The number of nitrogens with zero attached hydrogens (tertiary/aromatic N) is 1. The number of rotatable bonds is 7. The van der Waals surface area contributed by atoms with Gasteiger partial charge in [-0.25, -0.2) is 4.79 Å². The molecule has 9 heteroatoms. The van der Waals surface area contributed by atoms with Crippen LogP contribution in [-0.4, -0.2) is 48.8 Å². The highest BCUT2D eigenvalue weighted by molar-refractivity contribution is 5.92. The summed E-state index contributed by atoms with van der Waals surface area (Å²) < 4.78 is 16.3. The summed E-state index contributed by atoms with van der Waals surface area (Å²) in [7, 11) is 1.35. The molecule has 2 fully saturated rings. The Labute approximate surface area is 251 Å². The Morgan fingerprint density at radius 1 is 0.860 bits per heavy atom. The van der Waals surface area contributed by atoms with Crippen molar-refractivity contribution in [1.82, 2.24) is 15.5 Å². The monoisotopic (exact) mass is 583 g/mol. The van der Waals surface area contributed by atoms with Gasteiger partial charge in [0, 0.05) is 18.5 Å². The van der Waals surface area contributed by atoms with E-state index in [0.717, 1.165) is 48.8 Å². The lowest BCUT2D eigenvalue weighted by molar-refractivity contribution is -0.146. The first-order valence-electron chi connectivity index (χ1n) is 15.0. The lowest BCUT2D eigenvalue weighted by Gasteiger charge is -2.34. The zero-order valence-electron chi connectivity index (χ0n) is 24.2. The Morgan fingerprint density at radius 3 is 2.23 bits per heavy atom. The summed E-state index contributed by atoms with van der Waals surface area (Å²) in [6.45, 7) is 0.372. The third kappa shape index (κ3) is 5.89. The van der Waals surface area contributed by atoms with Crippen LogP contribution in [0.15, 0.2) is 78.9 Å². The summed E-state index contributed by atoms with van der Waals surface area (Å²) in [6.07, 6.45) is 5.01. The SMILES string of the molecule is COC(=O)C1C(c2ccccc2)C(C(=O)NCc2ccc3c(c2)OCO3)N(C(=O)NC2CCCCC2)C1c1ccccc1. The maximum atomic E-state index is 14.3. The number of likely N-dealkylation sites (tertiary alicyclic amines) is 1. The molecule has 1 aliphatic carbocycles. The van der Waals surface area contributed by atoms with Gasteiger partial charge in [-0.05, 0) is 41.7 Å². The van der Waals surface area contributed by atoms with Crippen molar-refractivity contribution in [2.75, 3.05) is 13.9 Å². The zero-order chi connectivity index (χ0) is 29.8. The molecule has 0 aromatic heterocycles. The molecule has 2 aliphatic heterocycles. The standard InChI is InChI=1S/C34H37N3O6/c1-41-33(39)29-28(23-11-5-2-6-12-23)31(32(38)35-20-22-17-18-26-27(19-22)43-21-42-26)37(30(29)24-13-7-3-8-14-24)34(40)36-25-15-9-4-10-16-25/h2-3,5-8,11-14,17-19,25,28-31H,4,9-10,15-16,20-21H2,1H3,(H,35,38)(H,36,40). The molecule has 9 nitrogen and oxygen atoms in total. The summed E-state index contributed by atoms with van der Waals surface area (Å²) >= 11 is 0. The molecule has 224 valence electrons. The topological polar surface area (TPSA) is 106 Å². The molecule has 0 radical (unpaired) electrons. The van der Waals surface area contributed by atoms with Gasteiger partial charge in [0.25, 0.3) is 0 Å². The normalized spacial score (nSPS) is 23.0. The van der Waals surface area contributed by atoms with Crippen LogP contribution in [0.2, 0.25) is 0 Å². The molecular formula is C34H37N3O6. The third-order valence-electron chi connectivity index (χ3n) is 8.81. The number of carbonyl (C=O) groups excluding carboxylic acids is 3. The highest BCUT2D eigenvalue weighted by Gasteiger charge is 2.58. The number of fused-ring (bicyclic) bond motifs is 1. The molecule has 0 bridgehead atoms. The predicted octanol–water partition coefficient (Wildman–Crippen LogP) is 5.07. The van der Waals surface area contributed by atoms with Crippen LogP contribution in [0.1, 0.15) is 60.8 Å². The Morgan fingerprint density at radius 2 is 1.53 bits per heavy atom. The number of benzene rings is 3. The fourth-order valence-corrected chi connectivity index (χ4v) is 6.79. The summed E-state index contributed by atoms with van der Waals surface area (Å²) in [5.41, 5.74) is 2.38. The van der Waals surface area contributed by atoms with Gasteiger partial charge in [-0.1, -0.05) is 86.0 Å². The lowest BCUT2D eigenvalue weighted by Crippen LogP contribution is -2.53. The van der Waals surface area contributed by atoms with Crippen molar-refractivity contribution in [2.45, 2.75) is 62.7 Å². The number of methoxy groups -OCH3 is 1. The molecule has 1 saturated heterocycles. The van der Waals surface area contributed by atoms with E-state index in [2.05, 4.69) is 10.6 Å². The van der Waals surface area contributed by atoms with E-state index in [0.29, 0.717) is 11.5 Å². The van der Waals surface area contributed by atoms with E-state index in [1.165, 1.54) is 7.11 Å². The van der Waals surface area contributed by atoms with E-state index < -0.39 is 29.9 Å². The largest absolute Gasteiger partial charge is 0.469 e. The van der Waals surface area contributed by atoms with Crippen LogP contribution in [0.3, 0.4) is 0 Å². The van der Waals surface area contributed by atoms with Crippen LogP contribution in [-0.2, 0) is 20.9 Å². The second-order valence-corrected chi connectivity index (χ2v) is 11.4. The molecule has 4 unspecified atom stereocenters. The van der Waals surface area contributed by atoms with Crippen LogP contribution >= 0.6 is 0 Å². The maximum absolute atomic E-state index is 14.3. The number of esters is 1. The molecule has 2 heterocycles. The van der Waals surface area contributed by atoms with Crippen molar-refractivity contribution in [3.8, 4) is 11.5 Å². The van der Waals surface area contributed by atoms with E-state index in [-0.39, 0.29) is 31.3 Å². The van der Waals surface area contributed by atoms with Crippen molar-refractivity contribution in [1.29, 1.82) is 0 Å². The van der Waals surface area contributed by atoms with Gasteiger partial charge >= 0.3 is 12.0 Å². The van der Waals surface area contributed by atoms with Gasteiger partial charge in [-0.15, -0.1) is 0 Å². The summed E-state index contributed by atoms with van der Waals surface area (Å²) in [6, 6.07) is 22.4. The number of hydrogen-bond acceptors (Lipinski definition) is 6. The molecule has 1 saturated carbocycles. The van der Waals surface area contributed by atoms with Crippen LogP contribution in [0.5, 0.6) is 11.5 Å². The number of ether oxygens (including phenoxy) is 3. The van der Waals surface area contributed by atoms with Crippen LogP contribution in [0.4, 0.5) is 4.79 Å². The average molecular weight is 584 g/mol. The minimum atomic E-state index is -0.977. The maximum Gasteiger partial charge on any atom is 0.318 e. The number of hydrogen-bond donors (Lipinski definition) is 2. The van der Waals surface area contributed by atoms with Crippen molar-refractivity contribution < 1.29 is 28.6 Å². The van der Waals surface area contributed by atoms with Gasteiger partial charge in [0.05, 0.1) is 19.1 Å². The molecule has 3 amide bonds. The van der Waals surface area contributed by atoms with Gasteiger partial charge < -0.3 is 29.7 Å². The number of urea groups is 1. The summed E-state index contributed by atoms with van der Waals surface area (Å²) in [5, 5.41) is 6.28. The molecule has 4 atom stereocenters. The molecule has 43 heavy (non-hydrogen) atoms. The molecule has 6 rings (SSSR count). The van der Waals surface area contributed by atoms with E-state index in [1.807, 2.05) is 78.9 Å². The average Bonchev–Trinajstić information content (AvgIpc) is 3.67. The predicted molar refractivity (Wildman–Crippen MR) is 159 cm³/mol. The van der Waals surface area contributed by atoms with E-state index >= 15 is 0 Å². The van der Waals surface area contributed by atoms with Crippen molar-refractivity contribution >= 4 is 17.9 Å². The van der Waals surface area contributed by atoms with Crippen LogP contribution in [0, 0.1) is 5.92 Å². The van der Waals surface area contributed by atoms with Crippen molar-refractivity contribution in [3.63, 3.8) is 0 Å². The molecular weight excluding hydrogens is 546 g/mol. The Hall–Kier alpha value is -4.53.